The lowest BCUT2D eigenvalue weighted by molar-refractivity contribution is 0.407. The first-order valence-corrected chi connectivity index (χ1v) is 5.58. The lowest BCUT2D eigenvalue weighted by Gasteiger charge is -2.14. The largest absolute Gasteiger partial charge is 0.496 e. The van der Waals surface area contributed by atoms with Crippen LogP contribution in [0, 0.1) is 0 Å². The average Bonchev–Trinajstić information content (AvgIpc) is 2.80. The first kappa shape index (κ1) is 11.0. The smallest absolute Gasteiger partial charge is 0.134 e. The molecule has 2 heterocycles. The van der Waals surface area contributed by atoms with E-state index in [4.69, 9.17) is 10.6 Å². The maximum absolute atomic E-state index is 5.55. The Labute approximate surface area is 97.3 Å². The molecule has 0 radical (unpaired) electrons. The molecule has 6 heteroatoms. The Hall–Kier alpha value is -1.50. The maximum Gasteiger partial charge on any atom is 0.134 e. The molecule has 2 rings (SSSR count). The number of nitrogens with zero attached hydrogens (tertiary/aromatic N) is 2. The van der Waals surface area contributed by atoms with Crippen LogP contribution in [0.4, 0.5) is 0 Å². The highest BCUT2D eigenvalue weighted by atomic mass is 32.1. The first-order valence-electron chi connectivity index (χ1n) is 4.70. The summed E-state index contributed by atoms with van der Waals surface area (Å²) in [6.45, 7) is 0. The summed E-state index contributed by atoms with van der Waals surface area (Å²) in [5.74, 6) is 6.36. The average molecular weight is 236 g/mol. The number of hydrazine groups is 1. The zero-order valence-corrected chi connectivity index (χ0v) is 9.57. The third kappa shape index (κ3) is 2.04. The molecular weight excluding hydrogens is 224 g/mol. The Kier molecular flexibility index (Phi) is 3.45. The molecule has 0 saturated heterocycles. The molecule has 0 aliphatic carbocycles. The second-order valence-corrected chi connectivity index (χ2v) is 4.03. The van der Waals surface area contributed by atoms with Crippen LogP contribution in [0.1, 0.15) is 16.6 Å². The van der Waals surface area contributed by atoms with Crippen molar-refractivity contribution in [2.24, 2.45) is 5.84 Å². The van der Waals surface area contributed by atoms with Gasteiger partial charge >= 0.3 is 0 Å². The summed E-state index contributed by atoms with van der Waals surface area (Å²) in [5, 5.41) is 1.95. The zero-order chi connectivity index (χ0) is 11.4. The Bertz CT molecular complexity index is 445. The van der Waals surface area contributed by atoms with Gasteiger partial charge in [-0.2, -0.15) is 0 Å². The van der Waals surface area contributed by atoms with Crippen molar-refractivity contribution in [3.63, 3.8) is 0 Å². The molecule has 0 aliphatic rings. The molecule has 0 spiro atoms. The maximum atomic E-state index is 5.55. The molecule has 1 atom stereocenters. The van der Waals surface area contributed by atoms with Gasteiger partial charge in [0.1, 0.15) is 11.8 Å². The fourth-order valence-electron chi connectivity index (χ4n) is 1.44. The van der Waals surface area contributed by atoms with E-state index < -0.39 is 0 Å². The molecule has 0 fully saturated rings. The van der Waals surface area contributed by atoms with E-state index >= 15 is 0 Å². The Morgan fingerprint density at radius 1 is 1.50 bits per heavy atom. The van der Waals surface area contributed by atoms with Crippen LogP contribution >= 0.6 is 11.3 Å². The zero-order valence-electron chi connectivity index (χ0n) is 8.75. The lowest BCUT2D eigenvalue weighted by Crippen LogP contribution is -2.29. The van der Waals surface area contributed by atoms with Gasteiger partial charge in [0.25, 0.3) is 0 Å². The van der Waals surface area contributed by atoms with Gasteiger partial charge in [0.05, 0.1) is 23.9 Å². The summed E-state index contributed by atoms with van der Waals surface area (Å²) >= 11 is 1.57. The van der Waals surface area contributed by atoms with E-state index in [-0.39, 0.29) is 6.04 Å². The number of ether oxygens (including phenoxy) is 1. The van der Waals surface area contributed by atoms with Crippen molar-refractivity contribution in [3.8, 4) is 5.75 Å². The monoisotopic (exact) mass is 236 g/mol. The molecule has 5 nitrogen and oxygen atoms in total. The van der Waals surface area contributed by atoms with Gasteiger partial charge in [0.15, 0.2) is 0 Å². The molecule has 84 valence electrons. The highest BCUT2D eigenvalue weighted by Crippen LogP contribution is 2.33. The predicted octanol–water partition coefficient (Wildman–Crippen LogP) is 1.10. The molecule has 0 saturated carbocycles. The number of hydrogen-bond acceptors (Lipinski definition) is 6. The highest BCUT2D eigenvalue weighted by Gasteiger charge is 2.19. The van der Waals surface area contributed by atoms with E-state index in [0.29, 0.717) is 0 Å². The molecule has 16 heavy (non-hydrogen) atoms. The fraction of sp³-hybridized carbons (Fsp3) is 0.200. The fourth-order valence-corrected chi connectivity index (χ4v) is 2.37. The minimum atomic E-state index is -0.191. The first-order chi connectivity index (χ1) is 7.86. The molecule has 2 aromatic rings. The number of nitrogens with two attached hydrogens (primary N) is 1. The van der Waals surface area contributed by atoms with Gasteiger partial charge in [-0.3, -0.25) is 15.8 Å². The highest BCUT2D eigenvalue weighted by molar-refractivity contribution is 7.10. The van der Waals surface area contributed by atoms with Crippen LogP contribution in [-0.2, 0) is 0 Å². The van der Waals surface area contributed by atoms with Crippen molar-refractivity contribution in [3.05, 3.63) is 40.6 Å². The molecule has 1 unspecified atom stereocenters. The number of aromatic nitrogens is 2. The van der Waals surface area contributed by atoms with Crippen LogP contribution in [-0.4, -0.2) is 17.1 Å². The Morgan fingerprint density at radius 2 is 2.38 bits per heavy atom. The topological polar surface area (TPSA) is 73.1 Å². The summed E-state index contributed by atoms with van der Waals surface area (Å²) in [4.78, 5) is 9.24. The molecular formula is C10H12N4OS. The Morgan fingerprint density at radius 3 is 3.00 bits per heavy atom. The van der Waals surface area contributed by atoms with Crippen molar-refractivity contribution in [2.75, 3.05) is 7.11 Å². The lowest BCUT2D eigenvalue weighted by atomic mass is 10.2. The van der Waals surface area contributed by atoms with E-state index in [1.807, 2.05) is 11.4 Å². The number of methoxy groups -OCH3 is 1. The van der Waals surface area contributed by atoms with E-state index in [0.717, 1.165) is 16.3 Å². The summed E-state index contributed by atoms with van der Waals surface area (Å²) < 4.78 is 5.26. The van der Waals surface area contributed by atoms with Gasteiger partial charge in [-0.1, -0.05) is 0 Å². The third-order valence-corrected chi connectivity index (χ3v) is 3.15. The van der Waals surface area contributed by atoms with E-state index in [1.165, 1.54) is 0 Å². The van der Waals surface area contributed by atoms with Gasteiger partial charge in [0, 0.05) is 12.4 Å². The summed E-state index contributed by atoms with van der Waals surface area (Å²) in [5.41, 5.74) is 3.49. The van der Waals surface area contributed by atoms with Crippen molar-refractivity contribution < 1.29 is 4.74 Å². The Balaban J connectivity index is 2.37. The minimum Gasteiger partial charge on any atom is -0.496 e. The number of nitrogens with one attached hydrogen (secondary N) is 1. The minimum absolute atomic E-state index is 0.191. The number of hydrogen-bond donors (Lipinski definition) is 2. The van der Waals surface area contributed by atoms with Crippen LogP contribution in [0.15, 0.2) is 30.0 Å². The van der Waals surface area contributed by atoms with Crippen LogP contribution in [0.5, 0.6) is 5.75 Å². The second-order valence-electron chi connectivity index (χ2n) is 3.08. The van der Waals surface area contributed by atoms with Crippen LogP contribution in [0.25, 0.3) is 0 Å². The molecule has 2 aromatic heterocycles. The van der Waals surface area contributed by atoms with Crippen molar-refractivity contribution >= 4 is 11.3 Å². The van der Waals surface area contributed by atoms with Crippen LogP contribution in [0.2, 0.25) is 0 Å². The van der Waals surface area contributed by atoms with Crippen molar-refractivity contribution in [2.45, 2.75) is 6.04 Å². The van der Waals surface area contributed by atoms with E-state index in [1.54, 1.807) is 37.0 Å². The molecule has 3 N–H and O–H groups in total. The molecule has 0 aromatic carbocycles. The normalized spacial score (nSPS) is 12.4. The van der Waals surface area contributed by atoms with Crippen molar-refractivity contribution in [1.82, 2.24) is 15.4 Å². The van der Waals surface area contributed by atoms with Crippen molar-refractivity contribution in [1.29, 1.82) is 0 Å². The van der Waals surface area contributed by atoms with E-state index in [9.17, 15) is 0 Å². The SMILES string of the molecule is COc1ccsc1C(NN)c1cnccn1. The van der Waals surface area contributed by atoms with Gasteiger partial charge in [-0.25, -0.2) is 5.43 Å². The summed E-state index contributed by atoms with van der Waals surface area (Å²) in [7, 11) is 1.63. The van der Waals surface area contributed by atoms with Crippen LogP contribution in [0.3, 0.4) is 0 Å². The quantitative estimate of drug-likeness (QED) is 0.614. The van der Waals surface area contributed by atoms with Crippen LogP contribution < -0.4 is 16.0 Å². The molecule has 0 bridgehead atoms. The van der Waals surface area contributed by atoms with Gasteiger partial charge < -0.3 is 4.74 Å². The van der Waals surface area contributed by atoms with E-state index in [2.05, 4.69) is 15.4 Å². The predicted molar refractivity (Wildman–Crippen MR) is 62.1 cm³/mol. The second kappa shape index (κ2) is 5.02. The summed E-state index contributed by atoms with van der Waals surface area (Å²) in [6, 6.07) is 1.71. The van der Waals surface area contributed by atoms with Gasteiger partial charge in [0.2, 0.25) is 0 Å². The third-order valence-electron chi connectivity index (χ3n) is 2.18. The standard InChI is InChI=1S/C10H12N4OS/c1-15-8-2-5-16-10(8)9(14-11)7-6-12-3-4-13-7/h2-6,9,14H,11H2,1H3. The number of thiophene rings is 1. The van der Waals surface area contributed by atoms with Gasteiger partial charge in [-0.05, 0) is 11.4 Å². The summed E-state index contributed by atoms with van der Waals surface area (Å²) in [6.07, 6.45) is 4.95. The number of rotatable bonds is 4. The molecule has 0 aliphatic heterocycles. The van der Waals surface area contributed by atoms with Gasteiger partial charge in [-0.15, -0.1) is 11.3 Å². The molecule has 0 amide bonds.